The van der Waals surface area contributed by atoms with E-state index in [1.54, 1.807) is 30.6 Å². The standard InChI is InChI=1S/C13H10BrNO2/c1-9-2-3-13(10(4-9)8-16)17-12-5-11(14)6-15-7-12/h2-8H,1H3. The largest absolute Gasteiger partial charge is 0.455 e. The first kappa shape index (κ1) is 11.8. The molecule has 1 aromatic heterocycles. The van der Waals surface area contributed by atoms with Gasteiger partial charge in [0.15, 0.2) is 6.29 Å². The highest BCUT2D eigenvalue weighted by molar-refractivity contribution is 9.10. The molecule has 3 nitrogen and oxygen atoms in total. The van der Waals surface area contributed by atoms with Crippen LogP contribution in [0.5, 0.6) is 11.5 Å². The second kappa shape index (κ2) is 5.10. The van der Waals surface area contributed by atoms with E-state index >= 15 is 0 Å². The van der Waals surface area contributed by atoms with Gasteiger partial charge in [0.1, 0.15) is 11.5 Å². The van der Waals surface area contributed by atoms with Crippen molar-refractivity contribution in [2.24, 2.45) is 0 Å². The lowest BCUT2D eigenvalue weighted by Crippen LogP contribution is -1.91. The van der Waals surface area contributed by atoms with Crippen molar-refractivity contribution in [3.05, 3.63) is 52.3 Å². The Morgan fingerprint density at radius 2 is 2.12 bits per heavy atom. The predicted octanol–water partition coefficient (Wildman–Crippen LogP) is 3.76. The molecule has 4 heteroatoms. The van der Waals surface area contributed by atoms with Crippen LogP contribution < -0.4 is 4.74 Å². The van der Waals surface area contributed by atoms with Crippen molar-refractivity contribution in [2.75, 3.05) is 0 Å². The van der Waals surface area contributed by atoms with Crippen LogP contribution >= 0.6 is 15.9 Å². The molecule has 0 aliphatic rings. The van der Waals surface area contributed by atoms with Gasteiger partial charge in [0.05, 0.1) is 11.8 Å². The summed E-state index contributed by atoms with van der Waals surface area (Å²) >= 11 is 3.31. The van der Waals surface area contributed by atoms with Crippen molar-refractivity contribution in [3.63, 3.8) is 0 Å². The highest BCUT2D eigenvalue weighted by Crippen LogP contribution is 2.26. The van der Waals surface area contributed by atoms with Crippen molar-refractivity contribution < 1.29 is 9.53 Å². The van der Waals surface area contributed by atoms with Crippen LogP contribution in [0, 0.1) is 6.92 Å². The first-order valence-corrected chi connectivity index (χ1v) is 5.82. The van der Waals surface area contributed by atoms with E-state index in [2.05, 4.69) is 20.9 Å². The summed E-state index contributed by atoms with van der Waals surface area (Å²) in [4.78, 5) is 14.9. The Bertz CT molecular complexity index is 555. The van der Waals surface area contributed by atoms with Gasteiger partial charge >= 0.3 is 0 Å². The number of halogens is 1. The normalized spacial score (nSPS) is 10.0. The Balaban J connectivity index is 2.32. The topological polar surface area (TPSA) is 39.2 Å². The monoisotopic (exact) mass is 291 g/mol. The molecule has 0 bridgehead atoms. The molecule has 17 heavy (non-hydrogen) atoms. The summed E-state index contributed by atoms with van der Waals surface area (Å²) in [5.41, 5.74) is 1.55. The van der Waals surface area contributed by atoms with Crippen LogP contribution in [0.25, 0.3) is 0 Å². The number of ether oxygens (including phenoxy) is 1. The van der Waals surface area contributed by atoms with Crippen molar-refractivity contribution in [1.82, 2.24) is 4.98 Å². The van der Waals surface area contributed by atoms with Crippen LogP contribution in [0.4, 0.5) is 0 Å². The molecule has 0 fully saturated rings. The van der Waals surface area contributed by atoms with Crippen LogP contribution in [0.15, 0.2) is 41.1 Å². The maximum atomic E-state index is 10.9. The molecule has 0 unspecified atom stereocenters. The molecule has 0 spiro atoms. The third kappa shape index (κ3) is 2.91. The third-order valence-electron chi connectivity index (χ3n) is 2.20. The molecule has 1 heterocycles. The van der Waals surface area contributed by atoms with Crippen LogP contribution in [0.3, 0.4) is 0 Å². The number of rotatable bonds is 3. The van der Waals surface area contributed by atoms with Crippen molar-refractivity contribution >= 4 is 22.2 Å². The second-order valence-corrected chi connectivity index (χ2v) is 4.52. The van der Waals surface area contributed by atoms with Crippen LogP contribution in [0.1, 0.15) is 15.9 Å². The van der Waals surface area contributed by atoms with Gasteiger partial charge in [-0.05, 0) is 41.1 Å². The SMILES string of the molecule is Cc1ccc(Oc2cncc(Br)c2)c(C=O)c1. The van der Waals surface area contributed by atoms with Gasteiger partial charge in [-0.25, -0.2) is 0 Å². The lowest BCUT2D eigenvalue weighted by atomic mass is 10.1. The molecular weight excluding hydrogens is 282 g/mol. The summed E-state index contributed by atoms with van der Waals surface area (Å²) in [7, 11) is 0. The van der Waals surface area contributed by atoms with Crippen LogP contribution in [0.2, 0.25) is 0 Å². The maximum absolute atomic E-state index is 10.9. The Labute approximate surface area is 108 Å². The van der Waals surface area contributed by atoms with Gasteiger partial charge in [-0.15, -0.1) is 0 Å². The second-order valence-electron chi connectivity index (χ2n) is 3.60. The zero-order chi connectivity index (χ0) is 12.3. The van der Waals surface area contributed by atoms with Crippen LogP contribution in [-0.4, -0.2) is 11.3 Å². The van der Waals surface area contributed by atoms with Crippen molar-refractivity contribution in [2.45, 2.75) is 6.92 Å². The molecule has 0 saturated heterocycles. The average Bonchev–Trinajstić information content (AvgIpc) is 2.31. The van der Waals surface area contributed by atoms with Gasteiger partial charge in [-0.1, -0.05) is 11.6 Å². The Morgan fingerprint density at radius 3 is 2.82 bits per heavy atom. The molecule has 0 aliphatic heterocycles. The number of aldehydes is 1. The van der Waals surface area contributed by atoms with E-state index in [0.29, 0.717) is 17.1 Å². The molecule has 0 amide bonds. The predicted molar refractivity (Wildman–Crippen MR) is 68.6 cm³/mol. The molecule has 1 aromatic carbocycles. The van der Waals surface area contributed by atoms with Crippen molar-refractivity contribution in [1.29, 1.82) is 0 Å². The lowest BCUT2D eigenvalue weighted by Gasteiger charge is -2.08. The number of nitrogens with zero attached hydrogens (tertiary/aromatic N) is 1. The summed E-state index contributed by atoms with van der Waals surface area (Å²) in [5.74, 6) is 1.12. The zero-order valence-electron chi connectivity index (χ0n) is 9.18. The summed E-state index contributed by atoms with van der Waals surface area (Å²) in [5, 5.41) is 0. The maximum Gasteiger partial charge on any atom is 0.153 e. The van der Waals surface area contributed by atoms with E-state index in [4.69, 9.17) is 4.74 Å². The summed E-state index contributed by atoms with van der Waals surface area (Å²) in [6, 6.07) is 7.25. The number of aromatic nitrogens is 1. The lowest BCUT2D eigenvalue weighted by molar-refractivity contribution is 0.112. The highest BCUT2D eigenvalue weighted by atomic mass is 79.9. The smallest absolute Gasteiger partial charge is 0.153 e. The molecular formula is C13H10BrNO2. The fourth-order valence-electron chi connectivity index (χ4n) is 1.43. The first-order valence-electron chi connectivity index (χ1n) is 5.03. The number of benzene rings is 1. The van der Waals surface area contributed by atoms with E-state index in [-0.39, 0.29) is 0 Å². The Hall–Kier alpha value is -1.68. The minimum absolute atomic E-state index is 0.532. The molecule has 2 aromatic rings. The Kier molecular flexibility index (Phi) is 3.54. The molecule has 0 saturated carbocycles. The number of hydrogen-bond donors (Lipinski definition) is 0. The molecule has 0 aliphatic carbocycles. The van der Waals surface area contributed by atoms with E-state index in [9.17, 15) is 4.79 Å². The molecule has 86 valence electrons. The number of carbonyl (C=O) groups excluding carboxylic acids is 1. The van der Waals surface area contributed by atoms with Gasteiger partial charge in [0.2, 0.25) is 0 Å². The first-order chi connectivity index (χ1) is 8.19. The number of aryl methyl sites for hydroxylation is 1. The van der Waals surface area contributed by atoms with E-state index in [0.717, 1.165) is 16.3 Å². The fraction of sp³-hybridized carbons (Fsp3) is 0.0769. The Morgan fingerprint density at radius 1 is 1.29 bits per heavy atom. The summed E-state index contributed by atoms with van der Waals surface area (Å²) < 4.78 is 6.44. The van der Waals surface area contributed by atoms with Gasteiger partial charge < -0.3 is 4.74 Å². The average molecular weight is 292 g/mol. The summed E-state index contributed by atoms with van der Waals surface area (Å²) in [6.07, 6.45) is 4.05. The molecule has 0 atom stereocenters. The van der Waals surface area contributed by atoms with Gasteiger partial charge in [-0.2, -0.15) is 0 Å². The molecule has 0 radical (unpaired) electrons. The van der Waals surface area contributed by atoms with Gasteiger partial charge in [0.25, 0.3) is 0 Å². The molecule has 2 rings (SSSR count). The number of carbonyl (C=O) groups is 1. The zero-order valence-corrected chi connectivity index (χ0v) is 10.8. The number of pyridine rings is 1. The fourth-order valence-corrected chi connectivity index (χ4v) is 1.77. The van der Waals surface area contributed by atoms with Crippen LogP contribution in [-0.2, 0) is 0 Å². The quantitative estimate of drug-likeness (QED) is 0.809. The van der Waals surface area contributed by atoms with Gasteiger partial charge in [-0.3, -0.25) is 9.78 Å². The highest BCUT2D eigenvalue weighted by Gasteiger charge is 2.05. The molecule has 0 N–H and O–H groups in total. The third-order valence-corrected chi connectivity index (χ3v) is 2.63. The minimum Gasteiger partial charge on any atom is -0.455 e. The van der Waals surface area contributed by atoms with E-state index < -0.39 is 0 Å². The van der Waals surface area contributed by atoms with E-state index in [1.165, 1.54) is 0 Å². The van der Waals surface area contributed by atoms with Gasteiger partial charge in [0, 0.05) is 10.7 Å². The van der Waals surface area contributed by atoms with Crippen molar-refractivity contribution in [3.8, 4) is 11.5 Å². The summed E-state index contributed by atoms with van der Waals surface area (Å²) in [6.45, 7) is 1.93. The number of hydrogen-bond acceptors (Lipinski definition) is 3. The minimum atomic E-state index is 0.532. The van der Waals surface area contributed by atoms with E-state index in [1.807, 2.05) is 13.0 Å².